The first-order chi connectivity index (χ1) is 14.3. The Kier molecular flexibility index (Phi) is 6.03. The second-order valence-corrected chi connectivity index (χ2v) is 6.61. The van der Waals surface area contributed by atoms with E-state index in [4.69, 9.17) is 22.1 Å². The Hall–Kier alpha value is -3.85. The molecule has 0 bridgehead atoms. The van der Waals surface area contributed by atoms with Crippen molar-refractivity contribution in [2.45, 2.75) is 0 Å². The highest BCUT2D eigenvalue weighted by molar-refractivity contribution is 6.34. The first-order valence-corrected chi connectivity index (χ1v) is 9.05. The van der Waals surface area contributed by atoms with Crippen molar-refractivity contribution in [2.24, 2.45) is 5.73 Å². The van der Waals surface area contributed by atoms with Gasteiger partial charge in [0.15, 0.2) is 5.69 Å². The van der Waals surface area contributed by atoms with Crippen molar-refractivity contribution in [3.63, 3.8) is 0 Å². The number of methoxy groups -OCH3 is 1. The van der Waals surface area contributed by atoms with E-state index in [0.29, 0.717) is 22.1 Å². The highest BCUT2D eigenvalue weighted by Gasteiger charge is 2.22. The van der Waals surface area contributed by atoms with Crippen LogP contribution in [0.1, 0.15) is 31.3 Å². The van der Waals surface area contributed by atoms with Crippen LogP contribution in [0.5, 0.6) is 5.75 Å². The van der Waals surface area contributed by atoms with Crippen LogP contribution < -0.4 is 20.7 Å². The second kappa shape index (κ2) is 8.66. The van der Waals surface area contributed by atoms with Gasteiger partial charge in [0.1, 0.15) is 11.4 Å². The molecule has 9 nitrogen and oxygen atoms in total. The van der Waals surface area contributed by atoms with Crippen molar-refractivity contribution in [2.75, 3.05) is 24.4 Å². The van der Waals surface area contributed by atoms with Gasteiger partial charge in [-0.25, -0.2) is 4.98 Å². The van der Waals surface area contributed by atoms with E-state index in [2.05, 4.69) is 15.3 Å². The highest BCUT2D eigenvalue weighted by Crippen LogP contribution is 2.24. The molecule has 0 saturated carbocycles. The highest BCUT2D eigenvalue weighted by atomic mass is 35.5. The fourth-order valence-corrected chi connectivity index (χ4v) is 2.90. The third kappa shape index (κ3) is 4.26. The zero-order valence-corrected chi connectivity index (χ0v) is 16.9. The number of amides is 3. The van der Waals surface area contributed by atoms with Crippen LogP contribution in [0.25, 0.3) is 0 Å². The van der Waals surface area contributed by atoms with Gasteiger partial charge in [-0.1, -0.05) is 11.6 Å². The Morgan fingerprint density at radius 2 is 1.87 bits per heavy atom. The van der Waals surface area contributed by atoms with Gasteiger partial charge in [0.25, 0.3) is 17.7 Å². The lowest BCUT2D eigenvalue weighted by Gasteiger charge is -2.17. The summed E-state index contributed by atoms with van der Waals surface area (Å²) in [4.78, 5) is 44.2. The Morgan fingerprint density at radius 1 is 1.17 bits per heavy atom. The quantitative estimate of drug-likeness (QED) is 0.556. The number of H-pyrrole nitrogens is 1. The molecule has 0 radical (unpaired) electrons. The molecule has 0 unspecified atom stereocenters. The Bertz CT molecular complexity index is 1110. The number of halogens is 1. The molecule has 10 heteroatoms. The lowest BCUT2D eigenvalue weighted by molar-refractivity contribution is 0.0958. The molecule has 0 aliphatic carbocycles. The zero-order valence-electron chi connectivity index (χ0n) is 16.1. The van der Waals surface area contributed by atoms with Gasteiger partial charge in [0.05, 0.1) is 24.0 Å². The molecule has 154 valence electrons. The third-order valence-corrected chi connectivity index (χ3v) is 4.65. The lowest BCUT2D eigenvalue weighted by Crippen LogP contribution is -2.29. The molecule has 4 N–H and O–H groups in total. The first kappa shape index (κ1) is 20.9. The molecule has 0 aliphatic rings. The second-order valence-electron chi connectivity index (χ2n) is 6.20. The van der Waals surface area contributed by atoms with Crippen LogP contribution in [0.15, 0.2) is 48.8 Å². The fourth-order valence-electron chi connectivity index (χ4n) is 2.70. The SMILES string of the molecule is COc1ccc(Cl)c(C(=O)Nc2ccc(N(C)C(=O)c3[nH]cnc3C(N)=O)cc2)c1. The Morgan fingerprint density at radius 3 is 2.50 bits per heavy atom. The van der Waals surface area contributed by atoms with E-state index in [1.807, 2.05) is 0 Å². The van der Waals surface area contributed by atoms with Gasteiger partial charge >= 0.3 is 0 Å². The molecular weight excluding hydrogens is 410 g/mol. The van der Waals surface area contributed by atoms with Gasteiger partial charge in [0.2, 0.25) is 0 Å². The molecule has 30 heavy (non-hydrogen) atoms. The molecule has 2 aromatic carbocycles. The van der Waals surface area contributed by atoms with Crippen molar-refractivity contribution < 1.29 is 19.1 Å². The number of rotatable bonds is 6. The summed E-state index contributed by atoms with van der Waals surface area (Å²) < 4.78 is 5.12. The van der Waals surface area contributed by atoms with E-state index in [1.165, 1.54) is 25.4 Å². The monoisotopic (exact) mass is 427 g/mol. The van der Waals surface area contributed by atoms with E-state index in [1.54, 1.807) is 42.5 Å². The first-order valence-electron chi connectivity index (χ1n) is 8.68. The standard InChI is InChI=1S/C20H18ClN5O4/c1-26(20(29)17-16(18(22)27)23-10-24-17)12-5-3-11(4-6-12)25-19(28)14-9-13(30-2)7-8-15(14)21/h3-10H,1-2H3,(H2,22,27)(H,23,24)(H,25,28). The molecule has 0 atom stereocenters. The predicted octanol–water partition coefficient (Wildman–Crippen LogP) is 2.70. The van der Waals surface area contributed by atoms with Gasteiger partial charge < -0.3 is 25.7 Å². The van der Waals surface area contributed by atoms with Crippen LogP contribution in [-0.4, -0.2) is 41.8 Å². The molecule has 3 rings (SSSR count). The topological polar surface area (TPSA) is 130 Å². The van der Waals surface area contributed by atoms with Crippen molar-refractivity contribution >= 4 is 40.7 Å². The minimum atomic E-state index is -0.803. The van der Waals surface area contributed by atoms with Crippen LogP contribution in [0.4, 0.5) is 11.4 Å². The number of nitrogens with zero attached hydrogens (tertiary/aromatic N) is 2. The van der Waals surface area contributed by atoms with Crippen molar-refractivity contribution in [1.29, 1.82) is 0 Å². The van der Waals surface area contributed by atoms with Crippen LogP contribution in [0.2, 0.25) is 5.02 Å². The number of imidazole rings is 1. The number of benzene rings is 2. The van der Waals surface area contributed by atoms with Crippen molar-refractivity contribution in [1.82, 2.24) is 9.97 Å². The number of hydrogen-bond donors (Lipinski definition) is 3. The average Bonchev–Trinajstić information content (AvgIpc) is 3.24. The molecule has 0 spiro atoms. The maximum absolute atomic E-state index is 12.6. The molecule has 1 aromatic heterocycles. The summed E-state index contributed by atoms with van der Waals surface area (Å²) in [5.74, 6) is -1.18. The smallest absolute Gasteiger partial charge is 0.276 e. The number of anilines is 2. The summed E-state index contributed by atoms with van der Waals surface area (Å²) in [6.07, 6.45) is 1.23. The maximum Gasteiger partial charge on any atom is 0.276 e. The number of aromatic nitrogens is 2. The predicted molar refractivity (Wildman–Crippen MR) is 112 cm³/mol. The van der Waals surface area contributed by atoms with Gasteiger partial charge in [-0.15, -0.1) is 0 Å². The largest absolute Gasteiger partial charge is 0.497 e. The van der Waals surface area contributed by atoms with Crippen molar-refractivity contribution in [3.8, 4) is 5.75 Å². The van der Waals surface area contributed by atoms with Crippen LogP contribution in [0, 0.1) is 0 Å². The van der Waals surface area contributed by atoms with Crippen molar-refractivity contribution in [3.05, 3.63) is 70.8 Å². The summed E-state index contributed by atoms with van der Waals surface area (Å²) >= 11 is 6.10. The number of carbonyl (C=O) groups is 3. The van der Waals surface area contributed by atoms with Gasteiger partial charge in [-0.3, -0.25) is 14.4 Å². The van der Waals surface area contributed by atoms with Gasteiger partial charge in [0, 0.05) is 18.4 Å². The normalized spacial score (nSPS) is 10.4. The minimum absolute atomic E-state index is 0.00459. The Balaban J connectivity index is 1.75. The number of carbonyl (C=O) groups excluding carboxylic acids is 3. The summed E-state index contributed by atoms with van der Waals surface area (Å²) in [5, 5.41) is 3.03. The minimum Gasteiger partial charge on any atom is -0.497 e. The molecule has 0 fully saturated rings. The van der Waals surface area contributed by atoms with Crippen LogP contribution >= 0.6 is 11.6 Å². The van der Waals surface area contributed by atoms with E-state index >= 15 is 0 Å². The maximum atomic E-state index is 12.6. The zero-order chi connectivity index (χ0) is 21.8. The fraction of sp³-hybridized carbons (Fsp3) is 0.100. The number of nitrogens with one attached hydrogen (secondary N) is 2. The molecular formula is C20H18ClN5O4. The summed E-state index contributed by atoms with van der Waals surface area (Å²) in [6.45, 7) is 0. The summed E-state index contributed by atoms with van der Waals surface area (Å²) in [5.41, 5.74) is 6.39. The van der Waals surface area contributed by atoms with Gasteiger partial charge in [-0.05, 0) is 42.5 Å². The summed E-state index contributed by atoms with van der Waals surface area (Å²) in [6, 6.07) is 11.3. The number of aromatic amines is 1. The van der Waals surface area contributed by atoms with Crippen LogP contribution in [0.3, 0.4) is 0 Å². The van der Waals surface area contributed by atoms with E-state index < -0.39 is 17.7 Å². The van der Waals surface area contributed by atoms with Crippen LogP contribution in [-0.2, 0) is 0 Å². The average molecular weight is 428 g/mol. The number of ether oxygens (including phenoxy) is 1. The lowest BCUT2D eigenvalue weighted by atomic mass is 10.2. The molecule has 1 heterocycles. The Labute approximate surface area is 176 Å². The molecule has 0 aliphatic heterocycles. The van der Waals surface area contributed by atoms with Gasteiger partial charge in [-0.2, -0.15) is 0 Å². The molecule has 3 amide bonds. The molecule has 0 saturated heterocycles. The van der Waals surface area contributed by atoms with E-state index in [-0.39, 0.29) is 17.0 Å². The van der Waals surface area contributed by atoms with E-state index in [0.717, 1.165) is 0 Å². The number of nitrogens with two attached hydrogens (primary N) is 1. The van der Waals surface area contributed by atoms with E-state index in [9.17, 15) is 14.4 Å². The summed E-state index contributed by atoms with van der Waals surface area (Å²) in [7, 11) is 3.04. The molecule has 3 aromatic rings. The third-order valence-electron chi connectivity index (χ3n) is 4.32. The number of primary amides is 1. The number of hydrogen-bond acceptors (Lipinski definition) is 5.